The van der Waals surface area contributed by atoms with Crippen LogP contribution in [-0.4, -0.2) is 7.11 Å². The van der Waals surface area contributed by atoms with Crippen LogP contribution in [0.15, 0.2) is 24.3 Å². The lowest BCUT2D eigenvalue weighted by molar-refractivity contribution is -0.209. The quantitative estimate of drug-likeness (QED) is 0.375. The number of nitrogen functional groups attached to an aromatic ring is 1. The molecule has 0 spiro atoms. The largest absolute Gasteiger partial charge is 0.399 e. The van der Waals surface area contributed by atoms with Crippen LogP contribution in [0.4, 0.5) is 5.69 Å². The molecule has 0 aliphatic heterocycles. The summed E-state index contributed by atoms with van der Waals surface area (Å²) in [4.78, 5) is 8.03. The third-order valence-electron chi connectivity index (χ3n) is 1.56. The molecule has 0 saturated heterocycles. The van der Waals surface area contributed by atoms with Gasteiger partial charge in [-0.25, -0.2) is 0 Å². The number of nitrogens with two attached hydrogens (primary N) is 1. The summed E-state index contributed by atoms with van der Waals surface area (Å²) in [5.41, 5.74) is 7.69. The van der Waals surface area contributed by atoms with Gasteiger partial charge in [0.05, 0.1) is 7.11 Å². The molecule has 1 rings (SSSR count). The molecule has 0 unspecified atom stereocenters. The number of anilines is 1. The monoisotopic (exact) mass is 243 g/mol. The Labute approximate surface area is 100 Å². The van der Waals surface area contributed by atoms with Crippen LogP contribution >= 0.6 is 11.9 Å². The van der Waals surface area contributed by atoms with E-state index >= 15 is 0 Å². The van der Waals surface area contributed by atoms with E-state index in [2.05, 4.69) is 38.9 Å². The van der Waals surface area contributed by atoms with E-state index in [-0.39, 0.29) is 0 Å². The van der Waals surface area contributed by atoms with E-state index in [0.717, 1.165) is 12.1 Å². The first-order chi connectivity index (χ1) is 7.74. The van der Waals surface area contributed by atoms with Gasteiger partial charge in [0, 0.05) is 5.69 Å². The first-order valence-corrected chi connectivity index (χ1v) is 4.87. The molecule has 0 saturated carbocycles. The molecule has 1 aromatic carbocycles. The summed E-state index contributed by atoms with van der Waals surface area (Å²) in [5, 5.41) is 0. The predicted octanol–water partition coefficient (Wildman–Crippen LogP) is 2.48. The van der Waals surface area contributed by atoms with E-state index in [1.165, 1.54) is 12.7 Å². The van der Waals surface area contributed by atoms with Gasteiger partial charge in [-0.2, -0.15) is 4.89 Å². The van der Waals surface area contributed by atoms with Gasteiger partial charge in [0.25, 0.3) is 0 Å². The van der Waals surface area contributed by atoms with Gasteiger partial charge in [-0.05, 0) is 24.1 Å². The van der Waals surface area contributed by atoms with Crippen molar-refractivity contribution in [3.63, 3.8) is 0 Å². The van der Waals surface area contributed by atoms with Crippen molar-refractivity contribution in [1.82, 2.24) is 0 Å². The highest BCUT2D eigenvalue weighted by Crippen LogP contribution is 2.05. The molecule has 0 atom stereocenters. The Morgan fingerprint density at radius 3 is 2.56 bits per heavy atom. The van der Waals surface area contributed by atoms with E-state index in [4.69, 9.17) is 5.73 Å². The molecule has 0 amide bonds. The molecular formula is C11H14ClNO3. The summed E-state index contributed by atoms with van der Waals surface area (Å²) >= 11 is 4.63. The minimum Gasteiger partial charge on any atom is -0.399 e. The van der Waals surface area contributed by atoms with Crippen molar-refractivity contribution < 1.29 is 14.1 Å². The fourth-order valence-corrected chi connectivity index (χ4v) is 0.919. The predicted molar refractivity (Wildman–Crippen MR) is 63.0 cm³/mol. The first-order valence-electron chi connectivity index (χ1n) is 4.56. The van der Waals surface area contributed by atoms with Gasteiger partial charge >= 0.3 is 0 Å². The lowest BCUT2D eigenvalue weighted by Crippen LogP contribution is -1.85. The second-order valence-corrected chi connectivity index (χ2v) is 2.78. The van der Waals surface area contributed by atoms with Gasteiger partial charge in [-0.3, -0.25) is 4.89 Å². The first kappa shape index (κ1) is 14.4. The topological polar surface area (TPSA) is 53.7 Å². The fraction of sp³-hybridized carbons (Fsp3) is 0.273. The standard InChI is InChI=1S/C8H11N.C3H3ClO3/c1-2-7-4-3-5-8(9)6-7;1-5-7-3-2-6-4/h3-6H,2,9H2,1H3;1H3. The van der Waals surface area contributed by atoms with Crippen molar-refractivity contribution >= 4 is 17.6 Å². The zero-order valence-corrected chi connectivity index (χ0v) is 9.95. The van der Waals surface area contributed by atoms with E-state index in [0.29, 0.717) is 0 Å². The Hall–Kier alpha value is -1.57. The highest BCUT2D eigenvalue weighted by molar-refractivity contribution is 6.08. The number of hydrogen-bond donors (Lipinski definition) is 1. The average Bonchev–Trinajstić information content (AvgIpc) is 2.31. The molecule has 88 valence electrons. The van der Waals surface area contributed by atoms with Crippen molar-refractivity contribution in [2.24, 2.45) is 0 Å². The second-order valence-electron chi connectivity index (χ2n) is 2.63. The number of benzene rings is 1. The highest BCUT2D eigenvalue weighted by atomic mass is 35.5. The Morgan fingerprint density at radius 2 is 2.12 bits per heavy atom. The van der Waals surface area contributed by atoms with Gasteiger partial charge in [0.15, 0.2) is 6.11 Å². The minimum absolute atomic E-state index is 0.856. The molecule has 0 radical (unpaired) electrons. The lowest BCUT2D eigenvalue weighted by Gasteiger charge is -1.95. The summed E-state index contributed by atoms with van der Waals surface area (Å²) < 4.78 is 3.75. The van der Waals surface area contributed by atoms with Gasteiger partial charge in [-0.1, -0.05) is 19.1 Å². The summed E-state index contributed by atoms with van der Waals surface area (Å²) in [6.07, 6.45) is 4.94. The van der Waals surface area contributed by atoms with Crippen LogP contribution in [0, 0.1) is 12.2 Å². The molecule has 0 aromatic heterocycles. The van der Waals surface area contributed by atoms with Gasteiger partial charge in [0.1, 0.15) is 11.9 Å². The van der Waals surface area contributed by atoms with Crippen LogP contribution < -0.4 is 5.73 Å². The smallest absolute Gasteiger partial charge is 0.202 e. The molecule has 2 N–H and O–H groups in total. The SMILES string of the molecule is CCc1cccc(N)c1.COOC#COCl. The lowest BCUT2D eigenvalue weighted by atomic mass is 10.1. The molecule has 1 aromatic rings. The fourth-order valence-electron chi connectivity index (χ4n) is 0.887. The van der Waals surface area contributed by atoms with Crippen molar-refractivity contribution in [2.45, 2.75) is 13.3 Å². The normalized spacial score (nSPS) is 7.94. The number of halogens is 1. The maximum atomic E-state index is 5.53. The number of rotatable bonds is 2. The molecule has 0 bridgehead atoms. The van der Waals surface area contributed by atoms with Crippen molar-refractivity contribution in [2.75, 3.05) is 12.8 Å². The summed E-state index contributed by atoms with van der Waals surface area (Å²) in [6.45, 7) is 2.12. The van der Waals surface area contributed by atoms with E-state index < -0.39 is 0 Å². The second kappa shape index (κ2) is 9.97. The zero-order chi connectivity index (χ0) is 12.2. The third kappa shape index (κ3) is 7.80. The Bertz CT molecular complexity index is 347. The zero-order valence-electron chi connectivity index (χ0n) is 9.20. The Kier molecular flexibility index (Phi) is 8.99. The summed E-state index contributed by atoms with van der Waals surface area (Å²) in [5.74, 6) is 0. The van der Waals surface area contributed by atoms with Gasteiger partial charge < -0.3 is 10.0 Å². The minimum atomic E-state index is 0.856. The van der Waals surface area contributed by atoms with Crippen molar-refractivity contribution in [3.8, 4) is 12.2 Å². The van der Waals surface area contributed by atoms with Crippen LogP contribution in [0.3, 0.4) is 0 Å². The summed E-state index contributed by atoms with van der Waals surface area (Å²) in [7, 11) is 1.32. The average molecular weight is 244 g/mol. The number of hydrogen-bond acceptors (Lipinski definition) is 4. The van der Waals surface area contributed by atoms with Gasteiger partial charge in [-0.15, -0.1) is 0 Å². The molecule has 0 fully saturated rings. The summed E-state index contributed by atoms with van der Waals surface area (Å²) in [6, 6.07) is 7.96. The van der Waals surface area contributed by atoms with Gasteiger partial charge in [0.2, 0.25) is 6.11 Å². The Balaban J connectivity index is 0.000000293. The van der Waals surface area contributed by atoms with Crippen LogP contribution in [0.5, 0.6) is 0 Å². The molecule has 0 aliphatic rings. The maximum Gasteiger partial charge on any atom is 0.202 e. The van der Waals surface area contributed by atoms with Crippen molar-refractivity contribution in [3.05, 3.63) is 29.8 Å². The highest BCUT2D eigenvalue weighted by Gasteiger charge is 1.86. The Morgan fingerprint density at radius 1 is 1.38 bits per heavy atom. The van der Waals surface area contributed by atoms with Crippen molar-refractivity contribution in [1.29, 1.82) is 0 Å². The van der Waals surface area contributed by atoms with E-state index in [1.54, 1.807) is 0 Å². The van der Waals surface area contributed by atoms with Crippen LogP contribution in [0.2, 0.25) is 0 Å². The molecule has 0 heterocycles. The molecule has 5 heteroatoms. The third-order valence-corrected chi connectivity index (χ3v) is 1.64. The molecule has 0 aliphatic carbocycles. The molecular weight excluding hydrogens is 230 g/mol. The van der Waals surface area contributed by atoms with Crippen LogP contribution in [0.1, 0.15) is 12.5 Å². The van der Waals surface area contributed by atoms with E-state index in [1.807, 2.05) is 30.4 Å². The molecule has 4 nitrogen and oxygen atoms in total. The number of aryl methyl sites for hydroxylation is 1. The van der Waals surface area contributed by atoms with Crippen LogP contribution in [0.25, 0.3) is 0 Å². The molecule has 16 heavy (non-hydrogen) atoms. The maximum absolute atomic E-state index is 5.53. The van der Waals surface area contributed by atoms with Crippen LogP contribution in [-0.2, 0) is 20.5 Å². The van der Waals surface area contributed by atoms with E-state index in [9.17, 15) is 0 Å².